The van der Waals surface area contributed by atoms with Crippen LogP contribution in [0.3, 0.4) is 0 Å². The van der Waals surface area contributed by atoms with Gasteiger partial charge >= 0.3 is 0 Å². The van der Waals surface area contributed by atoms with E-state index in [9.17, 15) is 0 Å². The highest BCUT2D eigenvalue weighted by Crippen LogP contribution is 2.30. The topological polar surface area (TPSA) is 20.5 Å². The number of fused-ring (bicyclic) bond motifs is 1. The Morgan fingerprint density at radius 3 is 3.24 bits per heavy atom. The molecule has 1 saturated heterocycles. The van der Waals surface area contributed by atoms with Gasteiger partial charge in [-0.3, -0.25) is 4.40 Å². The highest BCUT2D eigenvalue weighted by Gasteiger charge is 2.24. The van der Waals surface area contributed by atoms with Crippen molar-refractivity contribution in [3.05, 3.63) is 17.3 Å². The molecule has 1 aliphatic heterocycles. The zero-order chi connectivity index (χ0) is 11.8. The van der Waals surface area contributed by atoms with E-state index in [4.69, 9.17) is 4.98 Å². The normalized spacial score (nSPS) is 21.3. The van der Waals surface area contributed by atoms with Crippen molar-refractivity contribution in [2.45, 2.75) is 18.3 Å². The van der Waals surface area contributed by atoms with E-state index in [-0.39, 0.29) is 0 Å². The molecule has 0 bridgehead atoms. The number of thiazole rings is 1. The van der Waals surface area contributed by atoms with Gasteiger partial charge in [0.1, 0.15) is 0 Å². The smallest absolute Gasteiger partial charge is 0.195 e. The summed E-state index contributed by atoms with van der Waals surface area (Å²) < 4.78 is 2.20. The third kappa shape index (κ3) is 2.00. The number of hydrogen-bond acceptors (Lipinski definition) is 4. The lowest BCUT2D eigenvalue weighted by atomic mass is 10.3. The van der Waals surface area contributed by atoms with Gasteiger partial charge in [-0.25, -0.2) is 4.98 Å². The molecule has 0 amide bonds. The number of alkyl halides is 1. The maximum absolute atomic E-state index is 4.79. The summed E-state index contributed by atoms with van der Waals surface area (Å²) in [4.78, 5) is 8.33. The summed E-state index contributed by atoms with van der Waals surface area (Å²) >= 11 is 7.33. The molecule has 17 heavy (non-hydrogen) atoms. The summed E-state index contributed by atoms with van der Waals surface area (Å²) in [5, 5.41) is 2.95. The number of imidazole rings is 1. The largest absolute Gasteiger partial charge is 0.351 e. The summed E-state index contributed by atoms with van der Waals surface area (Å²) in [5.74, 6) is 3.57. The molecule has 3 heterocycles. The molecule has 3 rings (SSSR count). The number of anilines is 1. The van der Waals surface area contributed by atoms with Gasteiger partial charge in [-0.1, -0.05) is 15.9 Å². The van der Waals surface area contributed by atoms with Crippen LogP contribution in [0.15, 0.2) is 11.6 Å². The SMILES string of the molecule is CC1CSCCN1c1nc2sccn2c1CBr. The monoisotopic (exact) mass is 331 g/mol. The average Bonchev–Trinajstić information content (AvgIpc) is 2.89. The second kappa shape index (κ2) is 4.82. The number of thioether (sulfide) groups is 1. The van der Waals surface area contributed by atoms with E-state index in [0.717, 1.165) is 16.8 Å². The second-order valence-corrected chi connectivity index (χ2v) is 6.77. The Balaban J connectivity index is 2.05. The highest BCUT2D eigenvalue weighted by molar-refractivity contribution is 9.08. The van der Waals surface area contributed by atoms with Crippen molar-refractivity contribution in [2.75, 3.05) is 23.0 Å². The fraction of sp³-hybridized carbons (Fsp3) is 0.545. The van der Waals surface area contributed by atoms with Crippen molar-refractivity contribution in [2.24, 2.45) is 0 Å². The second-order valence-electron chi connectivity index (χ2n) is 4.19. The molecule has 1 atom stereocenters. The van der Waals surface area contributed by atoms with Crippen LogP contribution in [-0.2, 0) is 5.33 Å². The van der Waals surface area contributed by atoms with Gasteiger partial charge in [0.05, 0.1) is 5.69 Å². The molecule has 2 aromatic heterocycles. The van der Waals surface area contributed by atoms with Crippen molar-refractivity contribution in [1.29, 1.82) is 0 Å². The van der Waals surface area contributed by atoms with E-state index in [1.807, 2.05) is 11.8 Å². The number of aromatic nitrogens is 2. The van der Waals surface area contributed by atoms with Gasteiger partial charge in [0, 0.05) is 41.0 Å². The summed E-state index contributed by atoms with van der Waals surface area (Å²) in [7, 11) is 0. The van der Waals surface area contributed by atoms with Gasteiger partial charge in [-0.15, -0.1) is 11.3 Å². The first-order chi connectivity index (χ1) is 8.31. The molecule has 6 heteroatoms. The maximum atomic E-state index is 4.79. The van der Waals surface area contributed by atoms with Gasteiger partial charge < -0.3 is 4.90 Å². The first-order valence-electron chi connectivity index (χ1n) is 5.66. The van der Waals surface area contributed by atoms with Crippen LogP contribution in [0.2, 0.25) is 0 Å². The van der Waals surface area contributed by atoms with E-state index in [0.29, 0.717) is 6.04 Å². The Morgan fingerprint density at radius 2 is 2.47 bits per heavy atom. The van der Waals surface area contributed by atoms with Crippen LogP contribution in [0.4, 0.5) is 5.82 Å². The van der Waals surface area contributed by atoms with Gasteiger partial charge in [0.25, 0.3) is 0 Å². The Bertz CT molecular complexity index is 522. The fourth-order valence-electron chi connectivity index (χ4n) is 2.22. The molecule has 1 fully saturated rings. The lowest BCUT2D eigenvalue weighted by Crippen LogP contribution is -2.41. The van der Waals surface area contributed by atoms with Crippen LogP contribution < -0.4 is 4.90 Å². The zero-order valence-corrected chi connectivity index (χ0v) is 12.8. The van der Waals surface area contributed by atoms with Crippen molar-refractivity contribution in [3.8, 4) is 0 Å². The van der Waals surface area contributed by atoms with E-state index in [2.05, 4.69) is 43.7 Å². The predicted octanol–water partition coefficient (Wildman–Crippen LogP) is 3.23. The summed E-state index contributed by atoms with van der Waals surface area (Å²) in [6.45, 7) is 3.40. The fourth-order valence-corrected chi connectivity index (χ4v) is 4.48. The van der Waals surface area contributed by atoms with Crippen LogP contribution in [0.1, 0.15) is 12.6 Å². The molecule has 0 aliphatic carbocycles. The highest BCUT2D eigenvalue weighted by atomic mass is 79.9. The lowest BCUT2D eigenvalue weighted by Gasteiger charge is -2.33. The molecule has 2 aromatic rings. The van der Waals surface area contributed by atoms with Crippen LogP contribution >= 0.6 is 39.0 Å². The van der Waals surface area contributed by atoms with E-state index >= 15 is 0 Å². The average molecular weight is 332 g/mol. The van der Waals surface area contributed by atoms with Crippen molar-refractivity contribution < 1.29 is 0 Å². The number of nitrogens with zero attached hydrogens (tertiary/aromatic N) is 3. The van der Waals surface area contributed by atoms with Crippen LogP contribution in [0.25, 0.3) is 4.96 Å². The van der Waals surface area contributed by atoms with Gasteiger partial charge in [-0.2, -0.15) is 11.8 Å². The van der Waals surface area contributed by atoms with Gasteiger partial charge in [-0.05, 0) is 6.92 Å². The minimum atomic E-state index is 0.580. The molecule has 1 aliphatic rings. The van der Waals surface area contributed by atoms with E-state index in [1.54, 1.807) is 11.3 Å². The quantitative estimate of drug-likeness (QED) is 0.788. The molecule has 0 saturated carbocycles. The first-order valence-corrected chi connectivity index (χ1v) is 8.81. The molecule has 3 nitrogen and oxygen atoms in total. The predicted molar refractivity (Wildman–Crippen MR) is 79.8 cm³/mol. The summed E-state index contributed by atoms with van der Waals surface area (Å²) in [5.41, 5.74) is 1.28. The molecular formula is C11H14BrN3S2. The molecular weight excluding hydrogens is 318 g/mol. The van der Waals surface area contributed by atoms with Crippen LogP contribution in [0.5, 0.6) is 0 Å². The van der Waals surface area contributed by atoms with Crippen molar-refractivity contribution >= 4 is 49.8 Å². The molecule has 0 spiro atoms. The first kappa shape index (κ1) is 11.9. The summed E-state index contributed by atoms with van der Waals surface area (Å²) in [6, 6.07) is 0.580. The van der Waals surface area contributed by atoms with E-state index < -0.39 is 0 Å². The number of halogens is 1. The van der Waals surface area contributed by atoms with Crippen LogP contribution in [0, 0.1) is 0 Å². The van der Waals surface area contributed by atoms with Crippen molar-refractivity contribution in [3.63, 3.8) is 0 Å². The Kier molecular flexibility index (Phi) is 3.36. The van der Waals surface area contributed by atoms with Gasteiger partial charge in [0.2, 0.25) is 0 Å². The lowest BCUT2D eigenvalue weighted by molar-refractivity contribution is 0.689. The minimum Gasteiger partial charge on any atom is -0.351 e. The molecule has 0 N–H and O–H groups in total. The Labute approximate surface area is 117 Å². The van der Waals surface area contributed by atoms with Gasteiger partial charge in [0.15, 0.2) is 10.8 Å². The minimum absolute atomic E-state index is 0.580. The molecule has 0 aromatic carbocycles. The number of hydrogen-bond donors (Lipinski definition) is 0. The third-order valence-electron chi connectivity index (χ3n) is 3.11. The Morgan fingerprint density at radius 1 is 1.59 bits per heavy atom. The number of rotatable bonds is 2. The third-order valence-corrected chi connectivity index (χ3v) is 5.58. The van der Waals surface area contributed by atoms with Crippen molar-refractivity contribution in [1.82, 2.24) is 9.38 Å². The standard InChI is InChI=1S/C11H14BrN3S2/c1-8-7-16-4-2-14(8)10-9(6-12)15-3-5-17-11(15)13-10/h3,5,8H,2,4,6-7H2,1H3. The maximum Gasteiger partial charge on any atom is 0.195 e. The molecule has 92 valence electrons. The zero-order valence-electron chi connectivity index (χ0n) is 9.60. The van der Waals surface area contributed by atoms with E-state index in [1.165, 1.54) is 23.0 Å². The summed E-state index contributed by atoms with van der Waals surface area (Å²) in [6.07, 6.45) is 2.11. The molecule has 1 unspecified atom stereocenters. The Hall–Kier alpha value is -0.200. The van der Waals surface area contributed by atoms with Crippen LogP contribution in [-0.4, -0.2) is 33.5 Å². The molecule has 0 radical (unpaired) electrons.